The first-order valence-electron chi connectivity index (χ1n) is 6.71. The third-order valence-electron chi connectivity index (χ3n) is 4.20. The van der Waals surface area contributed by atoms with E-state index in [1.165, 1.54) is 5.57 Å². The van der Waals surface area contributed by atoms with Gasteiger partial charge < -0.3 is 9.84 Å². The average molecular weight is 250 g/mol. The van der Waals surface area contributed by atoms with Crippen LogP contribution in [0, 0.1) is 11.8 Å². The molecular formula is C15H22O3. The summed E-state index contributed by atoms with van der Waals surface area (Å²) in [5.41, 5.74) is 2.19. The molecule has 3 nitrogen and oxygen atoms in total. The van der Waals surface area contributed by atoms with Gasteiger partial charge in [0, 0.05) is 5.92 Å². The number of hydrogen-bond acceptors (Lipinski definition) is 3. The van der Waals surface area contributed by atoms with E-state index in [1.54, 1.807) is 0 Å². The highest BCUT2D eigenvalue weighted by molar-refractivity contribution is 5.75. The lowest BCUT2D eigenvalue weighted by atomic mass is 9.84. The van der Waals surface area contributed by atoms with E-state index in [0.29, 0.717) is 6.42 Å². The van der Waals surface area contributed by atoms with Gasteiger partial charge in [0.25, 0.3) is 0 Å². The molecule has 100 valence electrons. The van der Waals surface area contributed by atoms with Gasteiger partial charge in [0.1, 0.15) is 6.10 Å². The normalized spacial score (nSPS) is 37.4. The Morgan fingerprint density at radius 1 is 1.39 bits per heavy atom. The Balaban J connectivity index is 2.26. The van der Waals surface area contributed by atoms with Gasteiger partial charge in [-0.15, -0.1) is 0 Å². The van der Waals surface area contributed by atoms with Gasteiger partial charge in [0.2, 0.25) is 0 Å². The Labute approximate surface area is 109 Å². The van der Waals surface area contributed by atoms with Crippen molar-refractivity contribution in [2.75, 3.05) is 0 Å². The van der Waals surface area contributed by atoms with Gasteiger partial charge in [-0.25, -0.2) is 0 Å². The van der Waals surface area contributed by atoms with Crippen molar-refractivity contribution >= 4 is 5.97 Å². The Kier molecular flexibility index (Phi) is 3.91. The smallest absolute Gasteiger partial charge is 0.309 e. The summed E-state index contributed by atoms with van der Waals surface area (Å²) in [5, 5.41) is 10.0. The third-order valence-corrected chi connectivity index (χ3v) is 4.20. The second-order valence-electron chi connectivity index (χ2n) is 5.61. The molecular weight excluding hydrogens is 228 g/mol. The maximum atomic E-state index is 11.7. The van der Waals surface area contributed by atoms with E-state index >= 15 is 0 Å². The lowest BCUT2D eigenvalue weighted by molar-refractivity contribution is -0.142. The molecule has 18 heavy (non-hydrogen) atoms. The molecule has 1 aliphatic heterocycles. The number of fused-ring (bicyclic) bond motifs is 1. The topological polar surface area (TPSA) is 46.5 Å². The van der Waals surface area contributed by atoms with Crippen LogP contribution in [0.15, 0.2) is 23.3 Å². The summed E-state index contributed by atoms with van der Waals surface area (Å²) >= 11 is 0. The minimum Gasteiger partial charge on any atom is -0.458 e. The van der Waals surface area contributed by atoms with Crippen LogP contribution >= 0.6 is 0 Å². The summed E-state index contributed by atoms with van der Waals surface area (Å²) in [6, 6.07) is 0. The molecule has 3 heteroatoms. The number of esters is 1. The van der Waals surface area contributed by atoms with Crippen molar-refractivity contribution in [3.05, 3.63) is 23.3 Å². The fourth-order valence-corrected chi connectivity index (χ4v) is 2.73. The molecule has 0 radical (unpaired) electrons. The van der Waals surface area contributed by atoms with Crippen LogP contribution in [0.5, 0.6) is 0 Å². The minimum atomic E-state index is -0.465. The highest BCUT2D eigenvalue weighted by Gasteiger charge is 2.40. The van der Waals surface area contributed by atoms with E-state index in [-0.39, 0.29) is 23.9 Å². The molecule has 0 amide bonds. The number of aliphatic hydroxyl groups is 1. The van der Waals surface area contributed by atoms with Crippen molar-refractivity contribution in [3.63, 3.8) is 0 Å². The number of hydrogen-bond donors (Lipinski definition) is 1. The van der Waals surface area contributed by atoms with Crippen molar-refractivity contribution in [3.8, 4) is 0 Å². The summed E-state index contributed by atoms with van der Waals surface area (Å²) in [7, 11) is 0. The van der Waals surface area contributed by atoms with E-state index < -0.39 is 6.10 Å². The predicted octanol–water partition coefficient (Wildman–Crippen LogP) is 2.60. The van der Waals surface area contributed by atoms with Gasteiger partial charge in [0.05, 0.1) is 12.0 Å². The van der Waals surface area contributed by atoms with Crippen LogP contribution in [0.1, 0.15) is 40.0 Å². The van der Waals surface area contributed by atoms with Crippen molar-refractivity contribution in [2.45, 2.75) is 52.2 Å². The number of allylic oxidation sites excluding steroid dienone is 1. The third kappa shape index (κ3) is 2.66. The Bertz CT molecular complexity index is 395. The SMILES string of the molecule is CC1=CC[C@H](O)C(C)=C[C@H]2OC(=O)[C@@H](C)C2CC1. The van der Waals surface area contributed by atoms with Crippen molar-refractivity contribution in [2.24, 2.45) is 11.8 Å². The van der Waals surface area contributed by atoms with Crippen molar-refractivity contribution in [1.29, 1.82) is 0 Å². The zero-order valence-corrected chi connectivity index (χ0v) is 11.3. The standard InChI is InChI=1S/C15H22O3/c1-9-4-6-12-11(3)15(17)18-14(12)8-10(2)13(16)7-5-9/h5,8,11-14,16H,4,6-7H2,1-3H3/t11-,12?,13-,14+/m0/s1. The summed E-state index contributed by atoms with van der Waals surface area (Å²) in [6.07, 6.45) is 6.01. The molecule has 1 heterocycles. The van der Waals surface area contributed by atoms with Crippen LogP contribution in [0.4, 0.5) is 0 Å². The van der Waals surface area contributed by atoms with Gasteiger partial charge in [-0.1, -0.05) is 18.6 Å². The molecule has 1 N–H and O–H groups in total. The Morgan fingerprint density at radius 2 is 2.11 bits per heavy atom. The number of carbonyl (C=O) groups is 1. The van der Waals surface area contributed by atoms with E-state index in [9.17, 15) is 9.90 Å². The fraction of sp³-hybridized carbons (Fsp3) is 0.667. The first-order valence-corrected chi connectivity index (χ1v) is 6.71. The average Bonchev–Trinajstić information content (AvgIpc) is 2.59. The Hall–Kier alpha value is -1.09. The van der Waals surface area contributed by atoms with Crippen LogP contribution in [0.2, 0.25) is 0 Å². The summed E-state index contributed by atoms with van der Waals surface area (Å²) in [6.45, 7) is 5.94. The van der Waals surface area contributed by atoms with Gasteiger partial charge in [-0.2, -0.15) is 0 Å². The molecule has 1 unspecified atom stereocenters. The quantitative estimate of drug-likeness (QED) is 0.531. The molecule has 0 aromatic heterocycles. The van der Waals surface area contributed by atoms with Gasteiger partial charge >= 0.3 is 5.97 Å². The van der Waals surface area contributed by atoms with Crippen molar-refractivity contribution < 1.29 is 14.6 Å². The highest BCUT2D eigenvalue weighted by atomic mass is 16.6. The Morgan fingerprint density at radius 3 is 2.83 bits per heavy atom. The van der Waals surface area contributed by atoms with Crippen LogP contribution in [-0.4, -0.2) is 23.3 Å². The van der Waals surface area contributed by atoms with Gasteiger partial charge in [0.15, 0.2) is 0 Å². The van der Waals surface area contributed by atoms with E-state index in [4.69, 9.17) is 4.74 Å². The number of aliphatic hydroxyl groups excluding tert-OH is 1. The molecule has 1 aliphatic carbocycles. The first-order chi connectivity index (χ1) is 8.49. The lowest BCUT2D eigenvalue weighted by Gasteiger charge is -2.20. The molecule has 4 atom stereocenters. The highest BCUT2D eigenvalue weighted by Crippen LogP contribution is 2.35. The zero-order valence-electron chi connectivity index (χ0n) is 11.3. The largest absolute Gasteiger partial charge is 0.458 e. The first kappa shape index (κ1) is 13.3. The maximum Gasteiger partial charge on any atom is 0.309 e. The zero-order chi connectivity index (χ0) is 13.3. The van der Waals surface area contributed by atoms with Crippen LogP contribution in [0.25, 0.3) is 0 Å². The summed E-state index contributed by atoms with van der Waals surface area (Å²) < 4.78 is 5.42. The molecule has 0 bridgehead atoms. The molecule has 0 saturated carbocycles. The molecule has 1 saturated heterocycles. The molecule has 1 fully saturated rings. The van der Waals surface area contributed by atoms with Gasteiger partial charge in [-0.3, -0.25) is 4.79 Å². The molecule has 0 aromatic carbocycles. The second-order valence-corrected chi connectivity index (χ2v) is 5.61. The fourth-order valence-electron chi connectivity index (χ4n) is 2.73. The summed E-state index contributed by atoms with van der Waals surface area (Å²) in [4.78, 5) is 11.7. The monoisotopic (exact) mass is 250 g/mol. The maximum absolute atomic E-state index is 11.7. The molecule has 0 aromatic rings. The minimum absolute atomic E-state index is 0.0385. The summed E-state index contributed by atoms with van der Waals surface area (Å²) in [5.74, 6) is 0.0916. The van der Waals surface area contributed by atoms with E-state index in [1.807, 2.05) is 19.9 Å². The predicted molar refractivity (Wildman–Crippen MR) is 69.9 cm³/mol. The van der Waals surface area contributed by atoms with Gasteiger partial charge in [-0.05, 0) is 44.8 Å². The number of carbonyl (C=O) groups excluding carboxylic acids is 1. The number of ether oxygens (including phenoxy) is 1. The van der Waals surface area contributed by atoms with Crippen LogP contribution in [0.3, 0.4) is 0 Å². The second kappa shape index (κ2) is 5.27. The molecule has 2 aliphatic rings. The molecule has 2 rings (SSSR count). The van der Waals surface area contributed by atoms with Crippen LogP contribution < -0.4 is 0 Å². The van der Waals surface area contributed by atoms with E-state index in [0.717, 1.165) is 18.4 Å². The number of rotatable bonds is 0. The van der Waals surface area contributed by atoms with Crippen molar-refractivity contribution in [1.82, 2.24) is 0 Å². The lowest BCUT2D eigenvalue weighted by Crippen LogP contribution is -2.20. The van der Waals surface area contributed by atoms with E-state index in [2.05, 4.69) is 13.0 Å². The van der Waals surface area contributed by atoms with Crippen LogP contribution in [-0.2, 0) is 9.53 Å². The molecule has 0 spiro atoms.